The first-order chi connectivity index (χ1) is 9.34. The maximum atomic E-state index is 5.32. The van der Waals surface area contributed by atoms with Crippen LogP contribution in [0.4, 0.5) is 0 Å². The summed E-state index contributed by atoms with van der Waals surface area (Å²) in [5, 5.41) is 0. The number of aryl methyl sites for hydroxylation is 1. The summed E-state index contributed by atoms with van der Waals surface area (Å²) in [6.45, 7) is 2.28. The monoisotopic (exact) mass is 284 g/mol. The van der Waals surface area contributed by atoms with Crippen molar-refractivity contribution in [1.82, 2.24) is 0 Å². The topological polar surface area (TPSA) is 0 Å². The van der Waals surface area contributed by atoms with Crippen LogP contribution in [0.2, 0.25) is 0 Å². The van der Waals surface area contributed by atoms with E-state index in [2.05, 4.69) is 19.1 Å². The Hall–Kier alpha value is 0.0374. The molecule has 0 atom stereocenters. The molecule has 0 nitrogen and oxygen atoms in total. The van der Waals surface area contributed by atoms with Gasteiger partial charge in [-0.15, -0.1) is 0 Å². The Morgan fingerprint density at radius 2 is 1.25 bits per heavy atom. The van der Waals surface area contributed by atoms with Crippen LogP contribution < -0.4 is 18.9 Å². The van der Waals surface area contributed by atoms with Crippen LogP contribution >= 0.6 is 0 Å². The van der Waals surface area contributed by atoms with Gasteiger partial charge in [-0.05, 0) is 12.8 Å². The van der Waals surface area contributed by atoms with Crippen molar-refractivity contribution in [2.75, 3.05) is 0 Å². The second-order valence-electron chi connectivity index (χ2n) is 5.54. The molecule has 0 N–H and O–H groups in total. The molecular formula is C18H29LiS. The molecule has 0 fully saturated rings. The summed E-state index contributed by atoms with van der Waals surface area (Å²) in [5.74, 6) is 0. The number of hydrogen-bond donors (Lipinski definition) is 0. The van der Waals surface area contributed by atoms with Gasteiger partial charge in [0.15, 0.2) is 0 Å². The van der Waals surface area contributed by atoms with Gasteiger partial charge in [0.25, 0.3) is 0 Å². The van der Waals surface area contributed by atoms with Crippen molar-refractivity contribution in [1.29, 1.82) is 0 Å². The Balaban J connectivity index is 0.00000361. The predicted molar refractivity (Wildman–Crippen MR) is 87.6 cm³/mol. The molecule has 0 saturated heterocycles. The molecule has 1 aromatic carbocycles. The van der Waals surface area contributed by atoms with Gasteiger partial charge < -0.3 is 12.6 Å². The third-order valence-electron chi connectivity index (χ3n) is 3.77. The van der Waals surface area contributed by atoms with E-state index in [0.717, 1.165) is 11.3 Å². The van der Waals surface area contributed by atoms with Crippen LogP contribution in [0.15, 0.2) is 29.2 Å². The molecule has 0 aliphatic carbocycles. The molecule has 0 aromatic heterocycles. The molecule has 0 unspecified atom stereocenters. The first-order valence-corrected chi connectivity index (χ1v) is 8.50. The van der Waals surface area contributed by atoms with Crippen LogP contribution in [-0.4, -0.2) is 0 Å². The molecule has 2 heteroatoms. The maximum absolute atomic E-state index is 5.32. The Labute approximate surface area is 143 Å². The van der Waals surface area contributed by atoms with E-state index in [9.17, 15) is 0 Å². The fourth-order valence-electron chi connectivity index (χ4n) is 2.51. The zero-order valence-corrected chi connectivity index (χ0v) is 14.3. The first kappa shape index (κ1) is 20.0. The molecule has 0 saturated carbocycles. The summed E-state index contributed by atoms with van der Waals surface area (Å²) < 4.78 is 0. The SMILES string of the molecule is CCCCCCCCCCCCc1ccccc1[S-].[Li+]. The average molecular weight is 284 g/mol. The number of hydrogen-bond acceptors (Lipinski definition) is 1. The molecule has 0 spiro atoms. The Kier molecular flexibility index (Phi) is 14.0. The number of benzene rings is 1. The number of rotatable bonds is 11. The molecule has 1 rings (SSSR count). The smallest absolute Gasteiger partial charge is 0.779 e. The summed E-state index contributed by atoms with van der Waals surface area (Å²) in [5.41, 5.74) is 1.36. The van der Waals surface area contributed by atoms with Crippen molar-refractivity contribution in [3.05, 3.63) is 29.8 Å². The van der Waals surface area contributed by atoms with E-state index in [1.54, 1.807) is 0 Å². The van der Waals surface area contributed by atoms with Gasteiger partial charge in [0.2, 0.25) is 0 Å². The van der Waals surface area contributed by atoms with Gasteiger partial charge in [0.1, 0.15) is 0 Å². The van der Waals surface area contributed by atoms with E-state index in [1.807, 2.05) is 12.1 Å². The van der Waals surface area contributed by atoms with Gasteiger partial charge in [-0.2, -0.15) is 4.90 Å². The molecule has 108 valence electrons. The van der Waals surface area contributed by atoms with E-state index >= 15 is 0 Å². The van der Waals surface area contributed by atoms with Crippen LogP contribution in [0.1, 0.15) is 76.7 Å². The second-order valence-corrected chi connectivity index (χ2v) is 5.98. The van der Waals surface area contributed by atoms with Crippen molar-refractivity contribution in [2.24, 2.45) is 0 Å². The maximum Gasteiger partial charge on any atom is 1.00 e. The largest absolute Gasteiger partial charge is 1.00 e. The normalized spacial score (nSPS) is 10.2. The quantitative estimate of drug-likeness (QED) is 0.342. The van der Waals surface area contributed by atoms with Crippen molar-refractivity contribution in [3.63, 3.8) is 0 Å². The summed E-state index contributed by atoms with van der Waals surface area (Å²) in [6, 6.07) is 8.35. The first-order valence-electron chi connectivity index (χ1n) is 8.09. The average Bonchev–Trinajstić information content (AvgIpc) is 2.43. The summed E-state index contributed by atoms with van der Waals surface area (Å²) in [6.07, 6.45) is 15.2. The molecule has 0 aliphatic rings. The van der Waals surface area contributed by atoms with Crippen molar-refractivity contribution in [2.45, 2.75) is 82.4 Å². The van der Waals surface area contributed by atoms with E-state index in [-0.39, 0.29) is 18.9 Å². The molecule has 1 aromatic rings. The summed E-state index contributed by atoms with van der Waals surface area (Å²) >= 11 is 5.32. The van der Waals surface area contributed by atoms with Crippen LogP contribution in [0.5, 0.6) is 0 Å². The summed E-state index contributed by atoms with van der Waals surface area (Å²) in [4.78, 5) is 1.04. The molecule has 0 heterocycles. The van der Waals surface area contributed by atoms with Crippen molar-refractivity contribution in [3.8, 4) is 0 Å². The standard InChI is InChI=1S/C18H30S.Li/c1-2-3-4-5-6-7-8-9-10-11-14-17-15-12-13-16-18(17)19;/h12-13,15-16,19H,2-11,14H2,1H3;/q;+1/p-1. The second kappa shape index (κ2) is 14.0. The van der Waals surface area contributed by atoms with E-state index in [1.165, 1.54) is 69.8 Å². The minimum absolute atomic E-state index is 0. The Bertz CT molecular complexity index is 325. The Morgan fingerprint density at radius 3 is 1.80 bits per heavy atom. The zero-order valence-electron chi connectivity index (χ0n) is 13.5. The fourth-order valence-corrected chi connectivity index (χ4v) is 2.76. The van der Waals surface area contributed by atoms with E-state index in [0.29, 0.717) is 0 Å². The molecular weight excluding hydrogens is 255 g/mol. The van der Waals surface area contributed by atoms with Gasteiger partial charge in [-0.1, -0.05) is 94.5 Å². The van der Waals surface area contributed by atoms with Gasteiger partial charge >= 0.3 is 18.9 Å². The van der Waals surface area contributed by atoms with Gasteiger partial charge in [-0.25, -0.2) is 0 Å². The van der Waals surface area contributed by atoms with Crippen LogP contribution in [0.3, 0.4) is 0 Å². The third kappa shape index (κ3) is 9.87. The molecule has 20 heavy (non-hydrogen) atoms. The van der Waals surface area contributed by atoms with Crippen LogP contribution in [-0.2, 0) is 19.0 Å². The van der Waals surface area contributed by atoms with Gasteiger partial charge in [-0.3, -0.25) is 0 Å². The van der Waals surface area contributed by atoms with Crippen molar-refractivity contribution >= 4 is 12.6 Å². The molecule has 0 bridgehead atoms. The van der Waals surface area contributed by atoms with E-state index in [4.69, 9.17) is 12.6 Å². The van der Waals surface area contributed by atoms with Gasteiger partial charge in [0, 0.05) is 0 Å². The summed E-state index contributed by atoms with van der Waals surface area (Å²) in [7, 11) is 0. The Morgan fingerprint density at radius 1 is 0.750 bits per heavy atom. The third-order valence-corrected chi connectivity index (χ3v) is 4.17. The molecule has 0 aliphatic heterocycles. The zero-order chi connectivity index (χ0) is 13.8. The predicted octanol–water partition coefficient (Wildman–Crippen LogP) is 3.06. The molecule has 0 radical (unpaired) electrons. The van der Waals surface area contributed by atoms with E-state index < -0.39 is 0 Å². The fraction of sp³-hybridized carbons (Fsp3) is 0.667. The minimum Gasteiger partial charge on any atom is -0.779 e. The van der Waals surface area contributed by atoms with Crippen LogP contribution in [0, 0.1) is 0 Å². The minimum atomic E-state index is 0. The molecule has 0 amide bonds. The van der Waals surface area contributed by atoms with Crippen molar-refractivity contribution < 1.29 is 18.9 Å². The van der Waals surface area contributed by atoms with Gasteiger partial charge in [0.05, 0.1) is 0 Å². The number of unbranched alkanes of at least 4 members (excludes halogenated alkanes) is 9. The van der Waals surface area contributed by atoms with Crippen LogP contribution in [0.25, 0.3) is 0 Å².